The van der Waals surface area contributed by atoms with Crippen LogP contribution in [0, 0.1) is 12.7 Å². The van der Waals surface area contributed by atoms with Crippen LogP contribution in [0.25, 0.3) is 0 Å². The number of hydrogen-bond donors (Lipinski definition) is 2. The Morgan fingerprint density at radius 1 is 1.47 bits per heavy atom. The topological polar surface area (TPSA) is 66.4 Å². The van der Waals surface area contributed by atoms with Crippen molar-refractivity contribution in [1.82, 2.24) is 4.72 Å². The Balaban J connectivity index is 2.83. The van der Waals surface area contributed by atoms with Crippen LogP contribution in [-0.2, 0) is 10.0 Å². The number of halogens is 1. The van der Waals surface area contributed by atoms with Gasteiger partial charge in [0, 0.05) is 6.04 Å². The van der Waals surface area contributed by atoms with Gasteiger partial charge in [-0.3, -0.25) is 0 Å². The van der Waals surface area contributed by atoms with Crippen LogP contribution in [0.5, 0.6) is 0 Å². The number of hydrogen-bond acceptors (Lipinski definition) is 3. The minimum Gasteiger partial charge on any atom is -0.395 e. The SMILES string of the molecule is Cc1ccc(C(C)NS(=O)(=O)CCO)cc1F. The molecule has 1 atom stereocenters. The van der Waals surface area contributed by atoms with Crippen molar-refractivity contribution in [2.45, 2.75) is 19.9 Å². The maximum atomic E-state index is 13.3. The summed E-state index contributed by atoms with van der Waals surface area (Å²) in [6.45, 7) is 2.82. The molecule has 4 nitrogen and oxygen atoms in total. The molecule has 0 heterocycles. The van der Waals surface area contributed by atoms with Gasteiger partial charge in [0.05, 0.1) is 12.4 Å². The van der Waals surface area contributed by atoms with E-state index in [-0.39, 0.29) is 11.6 Å². The fourth-order valence-electron chi connectivity index (χ4n) is 1.39. The summed E-state index contributed by atoms with van der Waals surface area (Å²) >= 11 is 0. The van der Waals surface area contributed by atoms with Crippen molar-refractivity contribution < 1.29 is 17.9 Å². The fraction of sp³-hybridized carbons (Fsp3) is 0.455. The fourth-order valence-corrected chi connectivity index (χ4v) is 2.43. The second-order valence-corrected chi connectivity index (χ2v) is 5.76. The Bertz CT molecular complexity index is 487. The van der Waals surface area contributed by atoms with Gasteiger partial charge in [0.2, 0.25) is 10.0 Å². The third-order valence-electron chi connectivity index (χ3n) is 2.41. The number of nitrogens with one attached hydrogen (secondary N) is 1. The van der Waals surface area contributed by atoms with Gasteiger partial charge in [-0.15, -0.1) is 0 Å². The van der Waals surface area contributed by atoms with E-state index in [0.29, 0.717) is 11.1 Å². The zero-order valence-electron chi connectivity index (χ0n) is 9.77. The van der Waals surface area contributed by atoms with Crippen LogP contribution in [-0.4, -0.2) is 25.9 Å². The van der Waals surface area contributed by atoms with Crippen molar-refractivity contribution in [2.24, 2.45) is 0 Å². The highest BCUT2D eigenvalue weighted by Gasteiger charge is 2.15. The lowest BCUT2D eigenvalue weighted by molar-refractivity contribution is 0.319. The van der Waals surface area contributed by atoms with Crippen molar-refractivity contribution in [3.63, 3.8) is 0 Å². The van der Waals surface area contributed by atoms with Crippen LogP contribution in [0.2, 0.25) is 0 Å². The van der Waals surface area contributed by atoms with Crippen LogP contribution in [0.4, 0.5) is 4.39 Å². The normalized spacial score (nSPS) is 13.6. The molecule has 0 radical (unpaired) electrons. The molecule has 0 saturated carbocycles. The van der Waals surface area contributed by atoms with E-state index in [9.17, 15) is 12.8 Å². The molecule has 0 aliphatic rings. The minimum atomic E-state index is -3.52. The maximum absolute atomic E-state index is 13.3. The molecule has 2 N–H and O–H groups in total. The minimum absolute atomic E-state index is 0.355. The summed E-state index contributed by atoms with van der Waals surface area (Å²) in [7, 11) is -3.52. The van der Waals surface area contributed by atoms with Crippen LogP contribution in [0.15, 0.2) is 18.2 Å². The average Bonchev–Trinajstić information content (AvgIpc) is 2.21. The number of benzene rings is 1. The van der Waals surface area contributed by atoms with E-state index < -0.39 is 22.7 Å². The summed E-state index contributed by atoms with van der Waals surface area (Å²) in [6.07, 6.45) is 0. The number of aliphatic hydroxyl groups excluding tert-OH is 1. The Kier molecular flexibility index (Phi) is 4.62. The Hall–Kier alpha value is -0.980. The van der Waals surface area contributed by atoms with E-state index in [4.69, 9.17) is 5.11 Å². The van der Waals surface area contributed by atoms with Crippen LogP contribution in [0.3, 0.4) is 0 Å². The second kappa shape index (κ2) is 5.57. The Morgan fingerprint density at radius 3 is 2.65 bits per heavy atom. The third-order valence-corrected chi connectivity index (χ3v) is 3.84. The van der Waals surface area contributed by atoms with Gasteiger partial charge in [0.1, 0.15) is 5.82 Å². The second-order valence-electron chi connectivity index (χ2n) is 3.89. The van der Waals surface area contributed by atoms with E-state index in [1.165, 1.54) is 6.07 Å². The maximum Gasteiger partial charge on any atom is 0.214 e. The molecule has 0 aliphatic heterocycles. The number of aliphatic hydroxyl groups is 1. The van der Waals surface area contributed by atoms with Gasteiger partial charge in [-0.1, -0.05) is 12.1 Å². The number of aryl methyl sites for hydroxylation is 1. The van der Waals surface area contributed by atoms with Crippen LogP contribution >= 0.6 is 0 Å². The van der Waals surface area contributed by atoms with E-state index in [1.54, 1.807) is 26.0 Å². The van der Waals surface area contributed by atoms with Crippen molar-refractivity contribution in [1.29, 1.82) is 0 Å². The summed E-state index contributed by atoms with van der Waals surface area (Å²) in [4.78, 5) is 0. The van der Waals surface area contributed by atoms with Gasteiger partial charge in [-0.2, -0.15) is 0 Å². The molecule has 17 heavy (non-hydrogen) atoms. The number of rotatable bonds is 5. The molecule has 6 heteroatoms. The molecule has 1 unspecified atom stereocenters. The molecule has 1 rings (SSSR count). The van der Waals surface area contributed by atoms with E-state index in [0.717, 1.165) is 0 Å². The Morgan fingerprint density at radius 2 is 2.12 bits per heavy atom. The predicted octanol–water partition coefficient (Wildman–Crippen LogP) is 1.11. The average molecular weight is 261 g/mol. The van der Waals surface area contributed by atoms with Gasteiger partial charge in [-0.25, -0.2) is 17.5 Å². The predicted molar refractivity (Wildman–Crippen MR) is 63.6 cm³/mol. The van der Waals surface area contributed by atoms with Crippen molar-refractivity contribution >= 4 is 10.0 Å². The van der Waals surface area contributed by atoms with Gasteiger partial charge < -0.3 is 5.11 Å². The monoisotopic (exact) mass is 261 g/mol. The lowest BCUT2D eigenvalue weighted by atomic mass is 10.1. The third kappa shape index (κ3) is 4.07. The lowest BCUT2D eigenvalue weighted by Gasteiger charge is -2.14. The smallest absolute Gasteiger partial charge is 0.214 e. The molecule has 1 aromatic carbocycles. The molecule has 0 saturated heterocycles. The number of sulfonamides is 1. The highest BCUT2D eigenvalue weighted by atomic mass is 32.2. The van der Waals surface area contributed by atoms with Gasteiger partial charge in [-0.05, 0) is 31.0 Å². The van der Waals surface area contributed by atoms with E-state index in [1.807, 2.05) is 0 Å². The molecule has 96 valence electrons. The van der Waals surface area contributed by atoms with Crippen LogP contribution < -0.4 is 4.72 Å². The molecule has 0 fully saturated rings. The van der Waals surface area contributed by atoms with Crippen molar-refractivity contribution in [3.05, 3.63) is 35.1 Å². The highest BCUT2D eigenvalue weighted by Crippen LogP contribution is 2.16. The first kappa shape index (κ1) is 14.1. The first-order valence-corrected chi connectivity index (χ1v) is 6.88. The van der Waals surface area contributed by atoms with Gasteiger partial charge >= 0.3 is 0 Å². The molecular formula is C11H16FNO3S. The Labute approximate surface area is 101 Å². The van der Waals surface area contributed by atoms with Crippen LogP contribution in [0.1, 0.15) is 24.1 Å². The molecular weight excluding hydrogens is 245 g/mol. The highest BCUT2D eigenvalue weighted by molar-refractivity contribution is 7.89. The van der Waals surface area contributed by atoms with E-state index in [2.05, 4.69) is 4.72 Å². The first-order chi connectivity index (χ1) is 7.85. The van der Waals surface area contributed by atoms with Crippen molar-refractivity contribution in [3.8, 4) is 0 Å². The molecule has 0 aromatic heterocycles. The van der Waals surface area contributed by atoms with Crippen molar-refractivity contribution in [2.75, 3.05) is 12.4 Å². The zero-order valence-corrected chi connectivity index (χ0v) is 10.6. The van der Waals surface area contributed by atoms with Gasteiger partial charge in [0.15, 0.2) is 0 Å². The molecule has 1 aromatic rings. The summed E-state index contributed by atoms with van der Waals surface area (Å²) in [5, 5.41) is 8.59. The quantitative estimate of drug-likeness (QED) is 0.834. The molecule has 0 amide bonds. The molecule has 0 aliphatic carbocycles. The summed E-state index contributed by atoms with van der Waals surface area (Å²) in [5.74, 6) is -0.721. The summed E-state index contributed by atoms with van der Waals surface area (Å²) in [6, 6.07) is 4.05. The van der Waals surface area contributed by atoms with E-state index >= 15 is 0 Å². The molecule has 0 spiro atoms. The standard InChI is InChI=1S/C11H16FNO3S/c1-8-3-4-10(7-11(8)12)9(2)13-17(15,16)6-5-14/h3-4,7,9,13-14H,5-6H2,1-2H3. The first-order valence-electron chi connectivity index (χ1n) is 5.22. The van der Waals surface area contributed by atoms with Gasteiger partial charge in [0.25, 0.3) is 0 Å². The largest absolute Gasteiger partial charge is 0.395 e. The summed E-state index contributed by atoms with van der Waals surface area (Å²) in [5.41, 5.74) is 1.06. The molecule has 0 bridgehead atoms. The zero-order chi connectivity index (χ0) is 13.1. The lowest BCUT2D eigenvalue weighted by Crippen LogP contribution is -2.30. The summed E-state index contributed by atoms with van der Waals surface area (Å²) < 4.78 is 38.5.